The zero-order chi connectivity index (χ0) is 12.8. The van der Waals surface area contributed by atoms with Gasteiger partial charge in [-0.3, -0.25) is 4.79 Å². The van der Waals surface area contributed by atoms with Crippen LogP contribution in [0, 0.1) is 5.82 Å². The van der Waals surface area contributed by atoms with Gasteiger partial charge in [-0.1, -0.05) is 6.07 Å². The summed E-state index contributed by atoms with van der Waals surface area (Å²) in [7, 11) is 0. The van der Waals surface area contributed by atoms with Crippen molar-refractivity contribution in [2.45, 2.75) is 13.2 Å². The van der Waals surface area contributed by atoms with Crippen molar-refractivity contribution in [1.29, 1.82) is 0 Å². The second kappa shape index (κ2) is 6.34. The SMILES string of the molecule is O=C(CCl)NCc1ccc(OC(F)F)cc1F. The summed E-state index contributed by atoms with van der Waals surface area (Å²) < 4.78 is 41.0. The molecule has 0 aromatic heterocycles. The van der Waals surface area contributed by atoms with Crippen LogP contribution in [-0.4, -0.2) is 18.4 Å². The fourth-order valence-electron chi connectivity index (χ4n) is 1.09. The minimum atomic E-state index is -3.00. The summed E-state index contributed by atoms with van der Waals surface area (Å²) in [5.41, 5.74) is 0.157. The first-order valence-corrected chi connectivity index (χ1v) is 5.12. The largest absolute Gasteiger partial charge is 0.435 e. The monoisotopic (exact) mass is 267 g/mol. The van der Waals surface area contributed by atoms with Gasteiger partial charge in [0.2, 0.25) is 5.91 Å². The minimum absolute atomic E-state index is 0.0631. The zero-order valence-electron chi connectivity index (χ0n) is 8.55. The van der Waals surface area contributed by atoms with Crippen molar-refractivity contribution in [2.24, 2.45) is 0 Å². The Kier molecular flexibility index (Phi) is 5.09. The van der Waals surface area contributed by atoms with Crippen molar-refractivity contribution in [3.05, 3.63) is 29.6 Å². The van der Waals surface area contributed by atoms with Crippen LogP contribution < -0.4 is 10.1 Å². The van der Waals surface area contributed by atoms with Crippen molar-refractivity contribution in [1.82, 2.24) is 5.32 Å². The number of hydrogen-bond donors (Lipinski definition) is 1. The summed E-state index contributed by atoms with van der Waals surface area (Å²) in [6, 6.07) is 3.27. The van der Waals surface area contributed by atoms with Gasteiger partial charge in [0, 0.05) is 18.2 Å². The van der Waals surface area contributed by atoms with Gasteiger partial charge >= 0.3 is 6.61 Å². The van der Waals surface area contributed by atoms with Gasteiger partial charge in [-0.25, -0.2) is 4.39 Å². The van der Waals surface area contributed by atoms with Gasteiger partial charge in [0.15, 0.2) is 0 Å². The van der Waals surface area contributed by atoms with Crippen LogP contribution in [0.5, 0.6) is 5.75 Å². The standard InChI is InChI=1S/C10H9ClF3NO2/c11-4-9(16)15-5-6-1-2-7(3-8(6)12)17-10(13)14/h1-3,10H,4-5H2,(H,15,16). The lowest BCUT2D eigenvalue weighted by Crippen LogP contribution is -2.24. The van der Waals surface area contributed by atoms with Gasteiger partial charge in [0.05, 0.1) is 0 Å². The Hall–Kier alpha value is -1.43. The predicted molar refractivity (Wildman–Crippen MR) is 55.6 cm³/mol. The van der Waals surface area contributed by atoms with Crippen molar-refractivity contribution < 1.29 is 22.7 Å². The highest BCUT2D eigenvalue weighted by molar-refractivity contribution is 6.27. The molecule has 0 spiro atoms. The van der Waals surface area contributed by atoms with Gasteiger partial charge in [-0.05, 0) is 6.07 Å². The number of amides is 1. The quantitative estimate of drug-likeness (QED) is 0.831. The number of hydrogen-bond acceptors (Lipinski definition) is 2. The van der Waals surface area contributed by atoms with Crippen LogP contribution in [0.15, 0.2) is 18.2 Å². The molecular weight excluding hydrogens is 259 g/mol. The molecule has 17 heavy (non-hydrogen) atoms. The summed E-state index contributed by atoms with van der Waals surface area (Å²) >= 11 is 5.23. The predicted octanol–water partition coefficient (Wildman–Crippen LogP) is 2.28. The molecule has 0 heterocycles. The number of benzene rings is 1. The highest BCUT2D eigenvalue weighted by Gasteiger charge is 2.09. The molecule has 0 saturated heterocycles. The third kappa shape index (κ3) is 4.52. The molecule has 0 bridgehead atoms. The molecule has 0 aliphatic carbocycles. The molecule has 1 N–H and O–H groups in total. The first-order valence-electron chi connectivity index (χ1n) is 4.59. The van der Waals surface area contributed by atoms with E-state index in [0.29, 0.717) is 0 Å². The fourth-order valence-corrected chi connectivity index (χ4v) is 1.18. The van der Waals surface area contributed by atoms with E-state index in [0.717, 1.165) is 6.07 Å². The molecule has 1 rings (SSSR count). The van der Waals surface area contributed by atoms with Crippen LogP contribution in [0.1, 0.15) is 5.56 Å². The summed E-state index contributed by atoms with van der Waals surface area (Å²) in [6.45, 7) is -3.07. The highest BCUT2D eigenvalue weighted by atomic mass is 35.5. The number of rotatable bonds is 5. The molecule has 0 atom stereocenters. The summed E-state index contributed by atoms with van der Waals surface area (Å²) in [5.74, 6) is -1.68. The molecule has 0 radical (unpaired) electrons. The van der Waals surface area contributed by atoms with E-state index in [9.17, 15) is 18.0 Å². The van der Waals surface area contributed by atoms with Crippen molar-refractivity contribution in [3.8, 4) is 5.75 Å². The van der Waals surface area contributed by atoms with E-state index < -0.39 is 18.3 Å². The minimum Gasteiger partial charge on any atom is -0.435 e. The second-order valence-corrected chi connectivity index (χ2v) is 3.31. The zero-order valence-corrected chi connectivity index (χ0v) is 9.31. The van der Waals surface area contributed by atoms with Crippen molar-refractivity contribution in [3.63, 3.8) is 0 Å². The lowest BCUT2D eigenvalue weighted by molar-refractivity contribution is -0.118. The highest BCUT2D eigenvalue weighted by Crippen LogP contribution is 2.18. The third-order valence-corrected chi connectivity index (χ3v) is 2.09. The van der Waals surface area contributed by atoms with Crippen LogP contribution in [0.25, 0.3) is 0 Å². The van der Waals surface area contributed by atoms with Crippen LogP contribution >= 0.6 is 11.6 Å². The average molecular weight is 268 g/mol. The molecule has 0 aliphatic heterocycles. The maximum absolute atomic E-state index is 13.3. The number of halogens is 4. The van der Waals surface area contributed by atoms with Crippen LogP contribution in [0.4, 0.5) is 13.2 Å². The van der Waals surface area contributed by atoms with Gasteiger partial charge in [0.25, 0.3) is 0 Å². The Morgan fingerprint density at radius 1 is 1.47 bits per heavy atom. The van der Waals surface area contributed by atoms with E-state index in [2.05, 4.69) is 10.1 Å². The van der Waals surface area contributed by atoms with E-state index in [4.69, 9.17) is 11.6 Å². The van der Waals surface area contributed by atoms with Gasteiger partial charge in [-0.15, -0.1) is 11.6 Å². The van der Waals surface area contributed by atoms with Gasteiger partial charge < -0.3 is 10.1 Å². The Morgan fingerprint density at radius 2 is 2.18 bits per heavy atom. The topological polar surface area (TPSA) is 38.3 Å². The van der Waals surface area contributed by atoms with E-state index in [1.807, 2.05) is 0 Å². The number of carbonyl (C=O) groups is 1. The maximum atomic E-state index is 13.3. The first kappa shape index (κ1) is 13.6. The molecule has 3 nitrogen and oxygen atoms in total. The summed E-state index contributed by atoms with van der Waals surface area (Å²) in [5, 5.41) is 2.35. The van der Waals surface area contributed by atoms with Crippen molar-refractivity contribution >= 4 is 17.5 Å². The van der Waals surface area contributed by atoms with Crippen LogP contribution in [-0.2, 0) is 11.3 Å². The molecule has 1 aromatic carbocycles. The summed E-state index contributed by atoms with van der Waals surface area (Å²) in [6.07, 6.45) is 0. The molecule has 0 fully saturated rings. The lowest BCUT2D eigenvalue weighted by Gasteiger charge is -2.08. The van der Waals surface area contributed by atoms with E-state index in [1.165, 1.54) is 12.1 Å². The van der Waals surface area contributed by atoms with Crippen LogP contribution in [0.3, 0.4) is 0 Å². The van der Waals surface area contributed by atoms with E-state index in [1.54, 1.807) is 0 Å². The second-order valence-electron chi connectivity index (χ2n) is 3.04. The Bertz CT molecular complexity index is 401. The molecule has 0 aliphatic rings. The molecule has 7 heteroatoms. The summed E-state index contributed by atoms with van der Waals surface area (Å²) in [4.78, 5) is 10.8. The Morgan fingerprint density at radius 3 is 2.71 bits per heavy atom. The normalized spacial score (nSPS) is 10.4. The smallest absolute Gasteiger partial charge is 0.387 e. The Labute approximate surface area is 101 Å². The fraction of sp³-hybridized carbons (Fsp3) is 0.300. The van der Waals surface area contributed by atoms with Gasteiger partial charge in [-0.2, -0.15) is 8.78 Å². The number of carbonyl (C=O) groups excluding carboxylic acids is 1. The molecule has 94 valence electrons. The van der Waals surface area contributed by atoms with E-state index in [-0.39, 0.29) is 23.7 Å². The molecule has 1 amide bonds. The van der Waals surface area contributed by atoms with E-state index >= 15 is 0 Å². The molecule has 0 unspecified atom stereocenters. The number of nitrogens with one attached hydrogen (secondary N) is 1. The first-order chi connectivity index (χ1) is 8.02. The third-order valence-electron chi connectivity index (χ3n) is 1.85. The number of ether oxygens (including phenoxy) is 1. The Balaban J connectivity index is 2.66. The van der Waals surface area contributed by atoms with Gasteiger partial charge in [0.1, 0.15) is 17.4 Å². The lowest BCUT2D eigenvalue weighted by atomic mass is 10.2. The maximum Gasteiger partial charge on any atom is 0.387 e. The van der Waals surface area contributed by atoms with Crippen LogP contribution in [0.2, 0.25) is 0 Å². The van der Waals surface area contributed by atoms with Crippen molar-refractivity contribution in [2.75, 3.05) is 5.88 Å². The molecular formula is C10H9ClF3NO2. The average Bonchev–Trinajstić information content (AvgIpc) is 2.26. The molecule has 1 aromatic rings. The number of alkyl halides is 3. The molecule has 0 saturated carbocycles.